The van der Waals surface area contributed by atoms with Crippen molar-refractivity contribution in [3.63, 3.8) is 0 Å². The van der Waals surface area contributed by atoms with Crippen molar-refractivity contribution in [2.24, 2.45) is 0 Å². The van der Waals surface area contributed by atoms with Crippen LogP contribution in [0.15, 0.2) is 90.7 Å². The van der Waals surface area contributed by atoms with Gasteiger partial charge in [-0.3, -0.25) is 14.3 Å². The summed E-state index contributed by atoms with van der Waals surface area (Å²) in [7, 11) is 0. The Morgan fingerprint density at radius 1 is 1.02 bits per heavy atom. The number of carbonyl (C=O) groups excluding carboxylic acids is 1. The van der Waals surface area contributed by atoms with Crippen LogP contribution in [0.1, 0.15) is 15.9 Å². The third-order valence-electron chi connectivity index (χ3n) is 6.69. The Morgan fingerprint density at radius 2 is 1.95 bits per heavy atom. The Kier molecular flexibility index (Phi) is 5.98. The van der Waals surface area contributed by atoms with Gasteiger partial charge < -0.3 is 10.6 Å². The maximum Gasteiger partial charge on any atom is 0.256 e. The fourth-order valence-corrected chi connectivity index (χ4v) is 5.43. The first kappa shape index (κ1) is 24.6. The van der Waals surface area contributed by atoms with E-state index in [1.54, 1.807) is 31.5 Å². The van der Waals surface area contributed by atoms with Crippen LogP contribution < -0.4 is 10.6 Å². The molecule has 0 aliphatic rings. The number of H-pyrrole nitrogens is 1. The lowest BCUT2D eigenvalue weighted by molar-refractivity contribution is 0.102. The summed E-state index contributed by atoms with van der Waals surface area (Å²) >= 11 is 1.51. The molecule has 7 rings (SSSR count). The summed E-state index contributed by atoms with van der Waals surface area (Å²) in [6.45, 7) is 1.77. The third kappa shape index (κ3) is 4.68. The van der Waals surface area contributed by atoms with Gasteiger partial charge in [0.15, 0.2) is 4.96 Å². The van der Waals surface area contributed by atoms with Crippen molar-refractivity contribution in [2.45, 2.75) is 6.92 Å². The highest BCUT2D eigenvalue weighted by molar-refractivity contribution is 7.15. The number of hydrogen-bond acceptors (Lipinski definition) is 7. The Morgan fingerprint density at radius 3 is 2.88 bits per heavy atom. The minimum Gasteiger partial charge on any atom is -0.324 e. The summed E-state index contributed by atoms with van der Waals surface area (Å²) in [6, 6.07) is 19.3. The minimum absolute atomic E-state index is 0.284. The lowest BCUT2D eigenvalue weighted by Crippen LogP contribution is -2.13. The smallest absolute Gasteiger partial charge is 0.256 e. The van der Waals surface area contributed by atoms with Crippen LogP contribution in [0.3, 0.4) is 0 Å². The topological polar surface area (TPSA) is 113 Å². The minimum atomic E-state index is -0.460. The van der Waals surface area contributed by atoms with Crippen molar-refractivity contribution in [1.82, 2.24) is 29.5 Å². The van der Waals surface area contributed by atoms with E-state index in [1.807, 2.05) is 58.4 Å². The summed E-state index contributed by atoms with van der Waals surface area (Å²) < 4.78 is 15.8. The number of fused-ring (bicyclic) bond motifs is 2. The van der Waals surface area contributed by atoms with Crippen LogP contribution in [-0.4, -0.2) is 35.5 Å². The zero-order chi connectivity index (χ0) is 27.9. The van der Waals surface area contributed by atoms with E-state index in [2.05, 4.69) is 25.8 Å². The zero-order valence-corrected chi connectivity index (χ0v) is 22.4. The summed E-state index contributed by atoms with van der Waals surface area (Å²) in [5.41, 5.74) is 6.29. The van der Waals surface area contributed by atoms with E-state index in [0.717, 1.165) is 32.8 Å². The monoisotopic (exact) mass is 560 g/mol. The Hall–Kier alpha value is -5.42. The highest BCUT2D eigenvalue weighted by Gasteiger charge is 2.19. The standard InChI is InChI=1S/C30H21FN8OS/c1-17-5-6-20(31)15-23(17)28(40)34-21-4-2-3-18(13-21)26-27(39-11-12-41-30(39)37-26)25-9-10-32-29(36-25)35-22-7-8-24-19(14-22)16-33-38-24/h2-16H,1H3,(H,33,38)(H,34,40)(H,32,35,36). The Labute approximate surface area is 236 Å². The van der Waals surface area contributed by atoms with E-state index < -0.39 is 5.82 Å². The van der Waals surface area contributed by atoms with Crippen molar-refractivity contribution in [3.05, 3.63) is 108 Å². The van der Waals surface area contributed by atoms with Crippen molar-refractivity contribution < 1.29 is 9.18 Å². The van der Waals surface area contributed by atoms with Crippen molar-refractivity contribution in [1.29, 1.82) is 0 Å². The van der Waals surface area contributed by atoms with Gasteiger partial charge in [-0.15, -0.1) is 11.3 Å². The molecule has 0 spiro atoms. The number of nitrogens with one attached hydrogen (secondary N) is 3. The second-order valence-electron chi connectivity index (χ2n) is 9.42. The fraction of sp³-hybridized carbons (Fsp3) is 0.0333. The molecular formula is C30H21FN8OS. The maximum absolute atomic E-state index is 13.8. The Bertz CT molecular complexity index is 2080. The first-order valence-corrected chi connectivity index (χ1v) is 13.6. The Balaban J connectivity index is 1.24. The van der Waals surface area contributed by atoms with Gasteiger partial charge in [-0.05, 0) is 61.0 Å². The molecule has 3 aromatic carbocycles. The number of carbonyl (C=O) groups is 1. The molecule has 11 heteroatoms. The predicted molar refractivity (Wildman–Crippen MR) is 158 cm³/mol. The van der Waals surface area contributed by atoms with Gasteiger partial charge in [-0.2, -0.15) is 5.10 Å². The highest BCUT2D eigenvalue weighted by Crippen LogP contribution is 2.35. The summed E-state index contributed by atoms with van der Waals surface area (Å²) in [5, 5.41) is 16.1. The van der Waals surface area contributed by atoms with Gasteiger partial charge in [0.05, 0.1) is 23.1 Å². The first-order chi connectivity index (χ1) is 20.0. The average Bonchev–Trinajstić information content (AvgIpc) is 3.71. The number of imidazole rings is 1. The molecule has 0 unspecified atom stereocenters. The number of benzene rings is 3. The van der Waals surface area contributed by atoms with Crippen LogP contribution in [0.25, 0.3) is 38.5 Å². The van der Waals surface area contributed by atoms with Crippen LogP contribution in [0, 0.1) is 12.7 Å². The molecule has 9 nitrogen and oxygen atoms in total. The molecule has 4 aromatic heterocycles. The fourth-order valence-electron chi connectivity index (χ4n) is 4.71. The number of rotatable bonds is 6. The number of aromatic amines is 1. The second kappa shape index (κ2) is 9.96. The third-order valence-corrected chi connectivity index (χ3v) is 7.45. The molecule has 0 fully saturated rings. The maximum atomic E-state index is 13.8. The molecule has 200 valence electrons. The van der Waals surface area contributed by atoms with Gasteiger partial charge in [-0.1, -0.05) is 18.2 Å². The molecule has 41 heavy (non-hydrogen) atoms. The van der Waals surface area contributed by atoms with E-state index >= 15 is 0 Å². The lowest BCUT2D eigenvalue weighted by Gasteiger charge is -2.10. The van der Waals surface area contributed by atoms with E-state index in [9.17, 15) is 9.18 Å². The van der Waals surface area contributed by atoms with Gasteiger partial charge in [0.2, 0.25) is 5.95 Å². The SMILES string of the molecule is Cc1ccc(F)cc1C(=O)Nc1cccc(-c2nc3sccn3c2-c2ccnc(Nc3ccc4[nH]ncc4c3)n2)c1. The number of halogens is 1. The molecule has 0 saturated carbocycles. The normalized spacial score (nSPS) is 11.3. The highest BCUT2D eigenvalue weighted by atomic mass is 32.1. The molecule has 3 N–H and O–H groups in total. The number of thiazole rings is 1. The number of nitrogens with zero attached hydrogens (tertiary/aromatic N) is 5. The number of hydrogen-bond donors (Lipinski definition) is 3. The molecule has 4 heterocycles. The number of anilines is 3. The van der Waals surface area contributed by atoms with E-state index in [4.69, 9.17) is 9.97 Å². The number of amides is 1. The van der Waals surface area contributed by atoms with Crippen molar-refractivity contribution in [2.75, 3.05) is 10.6 Å². The molecule has 0 saturated heterocycles. The summed E-state index contributed by atoms with van der Waals surface area (Å²) in [4.78, 5) is 27.9. The lowest BCUT2D eigenvalue weighted by atomic mass is 10.1. The summed E-state index contributed by atoms with van der Waals surface area (Å²) in [5.74, 6) is -0.406. The van der Waals surface area contributed by atoms with Crippen LogP contribution in [0.2, 0.25) is 0 Å². The van der Waals surface area contributed by atoms with Gasteiger partial charge in [0.25, 0.3) is 5.91 Å². The molecule has 1 amide bonds. The zero-order valence-electron chi connectivity index (χ0n) is 21.6. The largest absolute Gasteiger partial charge is 0.324 e. The summed E-state index contributed by atoms with van der Waals surface area (Å²) in [6.07, 6.45) is 5.42. The van der Waals surface area contributed by atoms with Crippen molar-refractivity contribution >= 4 is 50.4 Å². The van der Waals surface area contributed by atoms with Gasteiger partial charge in [0, 0.05) is 45.7 Å². The quantitative estimate of drug-likeness (QED) is 0.205. The molecule has 0 aliphatic carbocycles. The molecule has 0 atom stereocenters. The van der Waals surface area contributed by atoms with E-state index in [1.165, 1.54) is 23.5 Å². The molecule has 0 bridgehead atoms. The molecular weight excluding hydrogens is 539 g/mol. The predicted octanol–water partition coefficient (Wildman–Crippen LogP) is 6.84. The van der Waals surface area contributed by atoms with Gasteiger partial charge in [-0.25, -0.2) is 19.3 Å². The van der Waals surface area contributed by atoms with E-state index in [0.29, 0.717) is 28.6 Å². The van der Waals surface area contributed by atoms with Gasteiger partial charge >= 0.3 is 0 Å². The number of aryl methyl sites for hydroxylation is 1. The molecule has 0 aliphatic heterocycles. The van der Waals surface area contributed by atoms with Gasteiger partial charge in [0.1, 0.15) is 11.5 Å². The second-order valence-corrected chi connectivity index (χ2v) is 10.3. The molecule has 0 radical (unpaired) electrons. The average molecular weight is 561 g/mol. The number of aromatic nitrogens is 6. The van der Waals surface area contributed by atoms with Crippen LogP contribution in [0.4, 0.5) is 21.7 Å². The van der Waals surface area contributed by atoms with E-state index in [-0.39, 0.29) is 11.5 Å². The van der Waals surface area contributed by atoms with Crippen LogP contribution in [-0.2, 0) is 0 Å². The molecule has 7 aromatic rings. The van der Waals surface area contributed by atoms with Crippen molar-refractivity contribution in [3.8, 4) is 22.6 Å². The first-order valence-electron chi connectivity index (χ1n) is 12.7. The van der Waals surface area contributed by atoms with Crippen LogP contribution in [0.5, 0.6) is 0 Å². The van der Waals surface area contributed by atoms with Crippen LogP contribution >= 0.6 is 11.3 Å².